The Labute approximate surface area is 152 Å². The first-order chi connectivity index (χ1) is 12.7. The van der Waals surface area contributed by atoms with E-state index in [4.69, 9.17) is 4.74 Å². The van der Waals surface area contributed by atoms with Gasteiger partial charge in [0.25, 0.3) is 0 Å². The van der Waals surface area contributed by atoms with Crippen LogP contribution < -0.4 is 15.0 Å². The number of para-hydroxylation sites is 2. The lowest BCUT2D eigenvalue weighted by Crippen LogP contribution is -2.48. The Morgan fingerprint density at radius 2 is 1.77 bits per heavy atom. The number of ether oxygens (including phenoxy) is 1. The summed E-state index contributed by atoms with van der Waals surface area (Å²) in [6.07, 6.45) is 0.842. The van der Waals surface area contributed by atoms with Crippen molar-refractivity contribution in [1.29, 1.82) is 0 Å². The standard InChI is InChI=1S/C20H21N3O3/c24-19(23-11-12-26-18-8-4-3-7-17(18)23)13-21-20(25)22-10-9-15-5-1-2-6-16(15)14-22/h1-8H,9-14H2,(H,21,25). The molecule has 0 saturated carbocycles. The number of urea groups is 1. The molecule has 2 aromatic carbocycles. The zero-order valence-corrected chi connectivity index (χ0v) is 14.5. The number of rotatable bonds is 2. The van der Waals surface area contributed by atoms with Gasteiger partial charge in [-0.2, -0.15) is 0 Å². The van der Waals surface area contributed by atoms with Gasteiger partial charge in [-0.15, -0.1) is 0 Å². The Morgan fingerprint density at radius 3 is 2.65 bits per heavy atom. The Hall–Kier alpha value is -3.02. The van der Waals surface area contributed by atoms with Crippen LogP contribution in [0.2, 0.25) is 0 Å². The van der Waals surface area contributed by atoms with E-state index in [1.165, 1.54) is 11.1 Å². The molecular formula is C20H21N3O3. The maximum atomic E-state index is 12.6. The molecule has 4 rings (SSSR count). The Balaban J connectivity index is 1.36. The summed E-state index contributed by atoms with van der Waals surface area (Å²) in [5.41, 5.74) is 3.21. The SMILES string of the molecule is O=C(NCC(=O)N1CCOc2ccccc21)N1CCc2ccccc2C1. The zero-order valence-electron chi connectivity index (χ0n) is 14.5. The lowest BCUT2D eigenvalue weighted by molar-refractivity contribution is -0.117. The number of carbonyl (C=O) groups excluding carboxylic acids is 2. The number of hydrogen-bond donors (Lipinski definition) is 1. The third-order valence-electron chi connectivity index (χ3n) is 4.84. The second kappa shape index (κ2) is 7.07. The van der Waals surface area contributed by atoms with Crippen LogP contribution in [0.15, 0.2) is 48.5 Å². The van der Waals surface area contributed by atoms with Crippen LogP contribution in [-0.2, 0) is 17.8 Å². The predicted molar refractivity (Wildman–Crippen MR) is 98.2 cm³/mol. The summed E-state index contributed by atoms with van der Waals surface area (Å²) in [6, 6.07) is 15.4. The number of fused-ring (bicyclic) bond motifs is 2. The summed E-state index contributed by atoms with van der Waals surface area (Å²) >= 11 is 0. The first-order valence-corrected chi connectivity index (χ1v) is 8.84. The first-order valence-electron chi connectivity index (χ1n) is 8.84. The molecule has 2 aromatic rings. The second-order valence-electron chi connectivity index (χ2n) is 6.46. The number of nitrogens with one attached hydrogen (secondary N) is 1. The van der Waals surface area contributed by atoms with Crippen molar-refractivity contribution >= 4 is 17.6 Å². The highest BCUT2D eigenvalue weighted by Crippen LogP contribution is 2.30. The fraction of sp³-hybridized carbons (Fsp3) is 0.300. The van der Waals surface area contributed by atoms with E-state index in [0.717, 1.165) is 12.1 Å². The van der Waals surface area contributed by atoms with Gasteiger partial charge in [0.2, 0.25) is 5.91 Å². The zero-order chi connectivity index (χ0) is 17.9. The van der Waals surface area contributed by atoms with E-state index in [2.05, 4.69) is 11.4 Å². The summed E-state index contributed by atoms with van der Waals surface area (Å²) in [5.74, 6) is 0.567. The van der Waals surface area contributed by atoms with Gasteiger partial charge in [-0.1, -0.05) is 36.4 Å². The van der Waals surface area contributed by atoms with Gasteiger partial charge in [-0.05, 0) is 29.7 Å². The van der Waals surface area contributed by atoms with Gasteiger partial charge in [-0.3, -0.25) is 4.79 Å². The summed E-state index contributed by atoms with van der Waals surface area (Å²) in [6.45, 7) is 2.17. The van der Waals surface area contributed by atoms with Gasteiger partial charge in [0, 0.05) is 13.1 Å². The number of hydrogen-bond acceptors (Lipinski definition) is 3. The molecule has 0 aliphatic carbocycles. The summed E-state index contributed by atoms with van der Waals surface area (Å²) < 4.78 is 5.57. The minimum Gasteiger partial charge on any atom is -0.490 e. The van der Waals surface area contributed by atoms with Gasteiger partial charge >= 0.3 is 6.03 Å². The third kappa shape index (κ3) is 3.22. The third-order valence-corrected chi connectivity index (χ3v) is 4.84. The normalized spacial score (nSPS) is 15.5. The maximum absolute atomic E-state index is 12.6. The summed E-state index contributed by atoms with van der Waals surface area (Å²) in [5, 5.41) is 2.77. The maximum Gasteiger partial charge on any atom is 0.318 e. The fourth-order valence-corrected chi connectivity index (χ4v) is 3.46. The van der Waals surface area contributed by atoms with Crippen molar-refractivity contribution in [1.82, 2.24) is 10.2 Å². The van der Waals surface area contributed by atoms with Crippen LogP contribution in [0.25, 0.3) is 0 Å². The molecule has 0 aromatic heterocycles. The second-order valence-corrected chi connectivity index (χ2v) is 6.46. The molecule has 1 N–H and O–H groups in total. The van der Waals surface area contributed by atoms with Gasteiger partial charge in [0.15, 0.2) is 0 Å². The molecule has 0 bridgehead atoms. The largest absolute Gasteiger partial charge is 0.490 e. The van der Waals surface area contributed by atoms with Crippen LogP contribution >= 0.6 is 0 Å². The summed E-state index contributed by atoms with van der Waals surface area (Å²) in [4.78, 5) is 28.5. The quantitative estimate of drug-likeness (QED) is 0.902. The van der Waals surface area contributed by atoms with Crippen molar-refractivity contribution in [3.63, 3.8) is 0 Å². The van der Waals surface area contributed by atoms with Gasteiger partial charge < -0.3 is 19.9 Å². The molecule has 0 spiro atoms. The van der Waals surface area contributed by atoms with E-state index in [1.54, 1.807) is 9.80 Å². The molecule has 2 heterocycles. The Kier molecular flexibility index (Phi) is 4.48. The van der Waals surface area contributed by atoms with Crippen LogP contribution in [0.4, 0.5) is 10.5 Å². The number of benzene rings is 2. The van der Waals surface area contributed by atoms with E-state index in [0.29, 0.717) is 32.0 Å². The van der Waals surface area contributed by atoms with Crippen molar-refractivity contribution in [3.8, 4) is 5.75 Å². The fourth-order valence-electron chi connectivity index (χ4n) is 3.46. The molecule has 2 aliphatic rings. The monoisotopic (exact) mass is 351 g/mol. The lowest BCUT2D eigenvalue weighted by atomic mass is 10.0. The van der Waals surface area contributed by atoms with Crippen molar-refractivity contribution in [3.05, 3.63) is 59.7 Å². The molecular weight excluding hydrogens is 330 g/mol. The molecule has 6 heteroatoms. The van der Waals surface area contributed by atoms with Crippen LogP contribution in [0.5, 0.6) is 5.75 Å². The van der Waals surface area contributed by atoms with Gasteiger partial charge in [-0.25, -0.2) is 4.79 Å². The van der Waals surface area contributed by atoms with Crippen molar-refractivity contribution in [2.45, 2.75) is 13.0 Å². The van der Waals surface area contributed by atoms with E-state index in [1.807, 2.05) is 42.5 Å². The van der Waals surface area contributed by atoms with Crippen LogP contribution in [-0.4, -0.2) is 43.1 Å². The number of carbonyl (C=O) groups is 2. The highest BCUT2D eigenvalue weighted by atomic mass is 16.5. The van der Waals surface area contributed by atoms with Crippen LogP contribution in [0, 0.1) is 0 Å². The topological polar surface area (TPSA) is 61.9 Å². The van der Waals surface area contributed by atoms with Crippen LogP contribution in [0.3, 0.4) is 0 Å². The van der Waals surface area contributed by atoms with Crippen LogP contribution in [0.1, 0.15) is 11.1 Å². The van der Waals surface area contributed by atoms with Crippen molar-refractivity contribution in [2.75, 3.05) is 31.1 Å². The van der Waals surface area contributed by atoms with E-state index >= 15 is 0 Å². The molecule has 2 aliphatic heterocycles. The molecule has 3 amide bonds. The number of nitrogens with zero attached hydrogens (tertiary/aromatic N) is 2. The molecule has 0 fully saturated rings. The van der Waals surface area contributed by atoms with Crippen molar-refractivity contribution in [2.24, 2.45) is 0 Å². The molecule has 134 valence electrons. The number of anilines is 1. The highest BCUT2D eigenvalue weighted by Gasteiger charge is 2.25. The van der Waals surface area contributed by atoms with Gasteiger partial charge in [0.1, 0.15) is 12.4 Å². The van der Waals surface area contributed by atoms with Crippen molar-refractivity contribution < 1.29 is 14.3 Å². The van der Waals surface area contributed by atoms with E-state index in [9.17, 15) is 9.59 Å². The Morgan fingerprint density at radius 1 is 1.00 bits per heavy atom. The average Bonchev–Trinajstić information content (AvgIpc) is 2.71. The molecule has 0 radical (unpaired) electrons. The van der Waals surface area contributed by atoms with Gasteiger partial charge in [0.05, 0.1) is 18.8 Å². The minimum atomic E-state index is -0.200. The molecule has 6 nitrogen and oxygen atoms in total. The molecule has 0 saturated heterocycles. The highest BCUT2D eigenvalue weighted by molar-refractivity contribution is 5.98. The molecule has 0 atom stereocenters. The van der Waals surface area contributed by atoms with E-state index in [-0.39, 0.29) is 18.5 Å². The minimum absolute atomic E-state index is 0.0225. The molecule has 26 heavy (non-hydrogen) atoms. The summed E-state index contributed by atoms with van der Waals surface area (Å²) in [7, 11) is 0. The lowest BCUT2D eigenvalue weighted by Gasteiger charge is -2.31. The average molecular weight is 351 g/mol. The Bertz CT molecular complexity index is 837. The first kappa shape index (κ1) is 16.4. The molecule has 0 unspecified atom stereocenters. The smallest absolute Gasteiger partial charge is 0.318 e. The predicted octanol–water partition coefficient (Wildman–Crippen LogP) is 2.18. The van der Waals surface area contributed by atoms with E-state index < -0.39 is 0 Å². The number of amides is 3.